The second-order valence-electron chi connectivity index (χ2n) is 3.16. The van der Waals surface area contributed by atoms with Crippen molar-refractivity contribution in [2.24, 2.45) is 0 Å². The molecule has 90 valence electrons. The summed E-state index contributed by atoms with van der Waals surface area (Å²) in [5.74, 6) is 0.764. The highest BCUT2D eigenvalue weighted by molar-refractivity contribution is 8.13. The first-order valence-corrected chi connectivity index (χ1v) is 7.59. The minimum atomic E-state index is -3.62. The molecule has 2 rings (SSSR count). The molecule has 0 unspecified atom stereocenters. The second kappa shape index (κ2) is 5.55. The number of benzene rings is 1. The Morgan fingerprint density at radius 2 is 2.00 bits per heavy atom. The number of rotatable bonds is 1. The van der Waals surface area contributed by atoms with Gasteiger partial charge in [-0.2, -0.15) is 0 Å². The molecule has 0 bridgehead atoms. The topological polar surface area (TPSA) is 43.4 Å². The lowest BCUT2D eigenvalue weighted by Crippen LogP contribution is -2.08. The van der Waals surface area contributed by atoms with Crippen LogP contribution in [0.15, 0.2) is 23.1 Å². The van der Waals surface area contributed by atoms with E-state index in [0.717, 1.165) is 24.2 Å². The lowest BCUT2D eigenvalue weighted by Gasteiger charge is -2.17. The van der Waals surface area contributed by atoms with Crippen molar-refractivity contribution in [1.82, 2.24) is 0 Å². The van der Waals surface area contributed by atoms with Gasteiger partial charge in [-0.3, -0.25) is 0 Å². The number of halogens is 1. The van der Waals surface area contributed by atoms with Gasteiger partial charge in [0.25, 0.3) is 9.05 Å². The van der Waals surface area contributed by atoms with Crippen molar-refractivity contribution in [2.45, 2.75) is 31.6 Å². The Morgan fingerprint density at radius 1 is 1.31 bits per heavy atom. The fourth-order valence-electron chi connectivity index (χ4n) is 1.49. The third-order valence-corrected chi connectivity index (χ3v) is 3.51. The summed E-state index contributed by atoms with van der Waals surface area (Å²) in [5.41, 5.74) is 0.915. The minimum absolute atomic E-state index is 0.142. The summed E-state index contributed by atoms with van der Waals surface area (Å²) >= 11 is 0. The maximum atomic E-state index is 11.0. The summed E-state index contributed by atoms with van der Waals surface area (Å²) in [6.07, 6.45) is 1.76. The SMILES string of the molecule is CC.O=S(=O)(Cl)c1ccc2c(c1)CCCO2. The summed E-state index contributed by atoms with van der Waals surface area (Å²) in [5, 5.41) is 0. The third-order valence-electron chi connectivity index (χ3n) is 2.16. The highest BCUT2D eigenvalue weighted by Crippen LogP contribution is 2.28. The van der Waals surface area contributed by atoms with Crippen LogP contribution in [0.25, 0.3) is 0 Å². The maximum absolute atomic E-state index is 11.0. The Hall–Kier alpha value is -0.740. The molecule has 0 saturated heterocycles. The van der Waals surface area contributed by atoms with Gasteiger partial charge in [0.2, 0.25) is 0 Å². The van der Waals surface area contributed by atoms with E-state index in [2.05, 4.69) is 0 Å². The molecule has 1 aromatic rings. The zero-order chi connectivity index (χ0) is 12.2. The van der Waals surface area contributed by atoms with Crippen molar-refractivity contribution in [1.29, 1.82) is 0 Å². The summed E-state index contributed by atoms with van der Waals surface area (Å²) in [7, 11) is 1.61. The van der Waals surface area contributed by atoms with E-state index in [0.29, 0.717) is 6.61 Å². The number of aryl methyl sites for hydroxylation is 1. The molecule has 1 aromatic carbocycles. The molecular formula is C11H15ClO3S. The smallest absolute Gasteiger partial charge is 0.261 e. The quantitative estimate of drug-likeness (QED) is 0.731. The Labute approximate surface area is 101 Å². The van der Waals surface area contributed by atoms with Crippen LogP contribution in [0.4, 0.5) is 0 Å². The van der Waals surface area contributed by atoms with Gasteiger partial charge in [0.15, 0.2) is 0 Å². The number of hydrogen-bond donors (Lipinski definition) is 0. The molecule has 1 aliphatic rings. The van der Waals surface area contributed by atoms with Crippen LogP contribution >= 0.6 is 10.7 Å². The average molecular weight is 263 g/mol. The van der Waals surface area contributed by atoms with Gasteiger partial charge in [0.1, 0.15) is 5.75 Å². The first-order valence-electron chi connectivity index (χ1n) is 5.28. The molecule has 0 spiro atoms. The van der Waals surface area contributed by atoms with Crippen LogP contribution in [0.3, 0.4) is 0 Å². The van der Waals surface area contributed by atoms with Gasteiger partial charge in [-0.1, -0.05) is 13.8 Å². The highest BCUT2D eigenvalue weighted by Gasteiger charge is 2.15. The molecular weight excluding hydrogens is 248 g/mol. The van der Waals surface area contributed by atoms with Crippen LogP contribution in [-0.2, 0) is 15.5 Å². The van der Waals surface area contributed by atoms with Gasteiger partial charge in [-0.25, -0.2) is 8.42 Å². The molecule has 0 atom stereocenters. The summed E-state index contributed by atoms with van der Waals surface area (Å²) in [6.45, 7) is 4.69. The molecule has 0 amide bonds. The van der Waals surface area contributed by atoms with Crippen LogP contribution in [-0.4, -0.2) is 15.0 Å². The van der Waals surface area contributed by atoms with Gasteiger partial charge < -0.3 is 4.74 Å². The maximum Gasteiger partial charge on any atom is 0.261 e. The van der Waals surface area contributed by atoms with E-state index in [1.54, 1.807) is 12.1 Å². The van der Waals surface area contributed by atoms with Crippen LogP contribution < -0.4 is 4.74 Å². The summed E-state index contributed by atoms with van der Waals surface area (Å²) in [4.78, 5) is 0.142. The Bertz CT molecular complexity index is 454. The van der Waals surface area contributed by atoms with Crippen molar-refractivity contribution >= 4 is 19.7 Å². The zero-order valence-corrected chi connectivity index (χ0v) is 10.9. The van der Waals surface area contributed by atoms with E-state index in [1.807, 2.05) is 13.8 Å². The highest BCUT2D eigenvalue weighted by atomic mass is 35.7. The van der Waals surface area contributed by atoms with Crippen molar-refractivity contribution in [3.05, 3.63) is 23.8 Å². The Kier molecular flexibility index (Phi) is 4.62. The van der Waals surface area contributed by atoms with Crippen LogP contribution in [0.1, 0.15) is 25.8 Å². The predicted octanol–water partition coefficient (Wildman–Crippen LogP) is 2.97. The lowest BCUT2D eigenvalue weighted by molar-refractivity contribution is 0.288. The molecule has 0 fully saturated rings. The largest absolute Gasteiger partial charge is 0.493 e. The van der Waals surface area contributed by atoms with E-state index in [-0.39, 0.29) is 4.90 Å². The molecule has 5 heteroatoms. The van der Waals surface area contributed by atoms with Crippen LogP contribution in [0, 0.1) is 0 Å². The average Bonchev–Trinajstić information content (AvgIpc) is 2.30. The first kappa shape index (κ1) is 13.3. The van der Waals surface area contributed by atoms with E-state index < -0.39 is 9.05 Å². The lowest BCUT2D eigenvalue weighted by atomic mass is 10.1. The van der Waals surface area contributed by atoms with Crippen molar-refractivity contribution in [3.63, 3.8) is 0 Å². The molecule has 1 heterocycles. The van der Waals surface area contributed by atoms with Gasteiger partial charge in [-0.15, -0.1) is 0 Å². The fraction of sp³-hybridized carbons (Fsp3) is 0.455. The molecule has 1 aliphatic heterocycles. The molecule has 0 aromatic heterocycles. The molecule has 0 radical (unpaired) electrons. The monoisotopic (exact) mass is 262 g/mol. The van der Waals surface area contributed by atoms with Crippen molar-refractivity contribution < 1.29 is 13.2 Å². The fourth-order valence-corrected chi connectivity index (χ4v) is 2.29. The zero-order valence-electron chi connectivity index (χ0n) is 9.36. The molecule has 3 nitrogen and oxygen atoms in total. The van der Waals surface area contributed by atoms with Crippen molar-refractivity contribution in [3.8, 4) is 5.75 Å². The number of ether oxygens (including phenoxy) is 1. The van der Waals surface area contributed by atoms with Gasteiger partial charge in [-0.05, 0) is 36.6 Å². The van der Waals surface area contributed by atoms with Crippen LogP contribution in [0.2, 0.25) is 0 Å². The predicted molar refractivity (Wildman–Crippen MR) is 64.6 cm³/mol. The van der Waals surface area contributed by atoms with Gasteiger partial charge >= 0.3 is 0 Å². The Balaban J connectivity index is 0.000000606. The van der Waals surface area contributed by atoms with Gasteiger partial charge in [0.05, 0.1) is 11.5 Å². The third kappa shape index (κ3) is 3.12. The Morgan fingerprint density at radius 3 is 2.62 bits per heavy atom. The van der Waals surface area contributed by atoms with Crippen LogP contribution in [0.5, 0.6) is 5.75 Å². The van der Waals surface area contributed by atoms with Crippen molar-refractivity contribution in [2.75, 3.05) is 6.61 Å². The minimum Gasteiger partial charge on any atom is -0.493 e. The number of fused-ring (bicyclic) bond motifs is 1. The summed E-state index contributed by atoms with van der Waals surface area (Å²) in [6, 6.07) is 4.70. The van der Waals surface area contributed by atoms with E-state index in [1.165, 1.54) is 6.07 Å². The van der Waals surface area contributed by atoms with E-state index in [9.17, 15) is 8.42 Å². The normalized spacial score (nSPS) is 14.2. The molecule has 0 N–H and O–H groups in total. The standard InChI is InChI=1S/C9H9ClO3S.C2H6/c10-14(11,12)8-3-4-9-7(6-8)2-1-5-13-9;1-2/h3-4,6H,1-2,5H2;1-2H3. The summed E-state index contributed by atoms with van der Waals surface area (Å²) < 4.78 is 27.4. The number of hydrogen-bond acceptors (Lipinski definition) is 3. The van der Waals surface area contributed by atoms with E-state index in [4.69, 9.17) is 15.4 Å². The molecule has 0 saturated carbocycles. The first-order chi connectivity index (χ1) is 7.57. The molecule has 0 aliphatic carbocycles. The molecule has 16 heavy (non-hydrogen) atoms. The van der Waals surface area contributed by atoms with Gasteiger partial charge in [0, 0.05) is 10.7 Å². The van der Waals surface area contributed by atoms with E-state index >= 15 is 0 Å². The second-order valence-corrected chi connectivity index (χ2v) is 5.73.